The fourth-order valence-electron chi connectivity index (χ4n) is 5.14. The van der Waals surface area contributed by atoms with Crippen LogP contribution in [0.3, 0.4) is 0 Å². The maximum absolute atomic E-state index is 14.8. The lowest BCUT2D eigenvalue weighted by Crippen LogP contribution is -2.36. The van der Waals surface area contributed by atoms with E-state index in [0.29, 0.717) is 18.4 Å². The number of sulfonamides is 1. The minimum atomic E-state index is -4.75. The van der Waals surface area contributed by atoms with E-state index in [1.165, 1.54) is 18.2 Å². The van der Waals surface area contributed by atoms with E-state index in [9.17, 15) is 30.8 Å². The number of nitrogens with one attached hydrogen (secondary N) is 3. The molecule has 0 fully saturated rings. The second-order valence-electron chi connectivity index (χ2n) is 11.0. The van der Waals surface area contributed by atoms with E-state index in [2.05, 4.69) is 35.3 Å². The van der Waals surface area contributed by atoms with Crippen LogP contribution in [-0.2, 0) is 34.0 Å². The first-order chi connectivity index (χ1) is 19.8. The molecule has 0 saturated carbocycles. The van der Waals surface area contributed by atoms with Crippen LogP contribution in [0.5, 0.6) is 0 Å². The largest absolute Gasteiger partial charge is 0.416 e. The molecule has 0 aliphatic heterocycles. The number of carbonyl (C=O) groups excluding carboxylic acids is 1. The first-order valence-corrected chi connectivity index (χ1v) is 15.4. The number of hydrogen-bond acceptors (Lipinski definition) is 4. The highest BCUT2D eigenvalue weighted by atomic mass is 32.2. The van der Waals surface area contributed by atoms with E-state index < -0.39 is 50.8 Å². The minimum Gasteiger partial charge on any atom is -0.349 e. The first kappa shape index (κ1) is 31.7. The van der Waals surface area contributed by atoms with Crippen molar-refractivity contribution in [2.24, 2.45) is 5.92 Å². The standard InChI is InChI=1S/C31H35F4N3O3S/c1-20(2)18-36-19-21-13-14-25-22(15-21)7-5-12-28(25)37-30(39)17-29(26-10-3-4-11-27(26)32)38-42(40,41)24-9-6-8-23(16-24)31(33,34)35/h3-4,6,8-11,13-16,20,28-29,36,38H,5,7,12,17-19H2,1-2H3,(H,37,39). The van der Waals surface area contributed by atoms with Crippen molar-refractivity contribution < 1.29 is 30.8 Å². The molecule has 0 radical (unpaired) electrons. The average Bonchev–Trinajstić information content (AvgIpc) is 2.92. The van der Waals surface area contributed by atoms with Crippen molar-refractivity contribution in [3.8, 4) is 0 Å². The second-order valence-corrected chi connectivity index (χ2v) is 12.7. The van der Waals surface area contributed by atoms with Gasteiger partial charge in [-0.3, -0.25) is 4.79 Å². The number of hydrogen-bond donors (Lipinski definition) is 3. The van der Waals surface area contributed by atoms with Gasteiger partial charge in [0.05, 0.1) is 22.5 Å². The molecule has 2 unspecified atom stereocenters. The number of halogens is 4. The van der Waals surface area contributed by atoms with Gasteiger partial charge in [0.1, 0.15) is 5.82 Å². The summed E-state index contributed by atoms with van der Waals surface area (Å²) >= 11 is 0. The Morgan fingerprint density at radius 1 is 1.02 bits per heavy atom. The van der Waals surface area contributed by atoms with Gasteiger partial charge in [0.2, 0.25) is 15.9 Å². The summed E-state index contributed by atoms with van der Waals surface area (Å²) in [6.45, 7) is 5.91. The molecule has 1 amide bonds. The van der Waals surface area contributed by atoms with Crippen LogP contribution in [0.1, 0.15) is 73.0 Å². The summed E-state index contributed by atoms with van der Waals surface area (Å²) < 4.78 is 83.0. The Hall–Kier alpha value is -3.28. The maximum atomic E-state index is 14.8. The number of aryl methyl sites for hydroxylation is 1. The lowest BCUT2D eigenvalue weighted by Gasteiger charge is -2.28. The summed E-state index contributed by atoms with van der Waals surface area (Å²) in [7, 11) is -4.56. The molecule has 3 aromatic rings. The minimum absolute atomic E-state index is 0.0919. The predicted molar refractivity (Wildman–Crippen MR) is 152 cm³/mol. The Balaban J connectivity index is 1.52. The van der Waals surface area contributed by atoms with Crippen molar-refractivity contribution in [3.63, 3.8) is 0 Å². The average molecular weight is 606 g/mol. The number of alkyl halides is 3. The Morgan fingerprint density at radius 3 is 2.50 bits per heavy atom. The van der Waals surface area contributed by atoms with E-state index in [1.54, 1.807) is 0 Å². The van der Waals surface area contributed by atoms with Crippen LogP contribution in [0.25, 0.3) is 0 Å². The van der Waals surface area contributed by atoms with Gasteiger partial charge in [0.25, 0.3) is 0 Å². The highest BCUT2D eigenvalue weighted by Crippen LogP contribution is 2.33. The molecule has 0 heterocycles. The summed E-state index contributed by atoms with van der Waals surface area (Å²) in [6, 6.07) is 13.1. The lowest BCUT2D eigenvalue weighted by atomic mass is 9.86. The van der Waals surface area contributed by atoms with Gasteiger partial charge in [-0.15, -0.1) is 0 Å². The fraction of sp³-hybridized carbons (Fsp3) is 0.387. The number of carbonyl (C=O) groups is 1. The Kier molecular flexibility index (Phi) is 10.1. The second kappa shape index (κ2) is 13.4. The number of fused-ring (bicyclic) bond motifs is 1. The van der Waals surface area contributed by atoms with E-state index in [0.717, 1.165) is 66.9 Å². The van der Waals surface area contributed by atoms with Crippen LogP contribution < -0.4 is 15.4 Å². The molecule has 42 heavy (non-hydrogen) atoms. The molecule has 226 valence electrons. The molecule has 1 aliphatic rings. The van der Waals surface area contributed by atoms with Crippen molar-refractivity contribution in [2.45, 2.75) is 69.2 Å². The van der Waals surface area contributed by atoms with Gasteiger partial charge >= 0.3 is 6.18 Å². The smallest absolute Gasteiger partial charge is 0.349 e. The summed E-state index contributed by atoms with van der Waals surface area (Å²) in [6.07, 6.45) is -2.81. The zero-order valence-corrected chi connectivity index (χ0v) is 24.3. The molecular weight excluding hydrogens is 570 g/mol. The summed E-state index contributed by atoms with van der Waals surface area (Å²) in [5.74, 6) is -0.732. The summed E-state index contributed by atoms with van der Waals surface area (Å²) in [5, 5.41) is 6.39. The third-order valence-electron chi connectivity index (χ3n) is 7.18. The number of amides is 1. The van der Waals surface area contributed by atoms with Gasteiger partial charge in [-0.25, -0.2) is 17.5 Å². The SMILES string of the molecule is CC(C)CNCc1ccc2c(c1)CCCC2NC(=O)CC(NS(=O)(=O)c1cccc(C(F)(F)F)c1)c1ccccc1F. The fourth-order valence-corrected chi connectivity index (χ4v) is 6.40. The molecular formula is C31H35F4N3O3S. The van der Waals surface area contributed by atoms with Crippen LogP contribution in [-0.4, -0.2) is 20.9 Å². The van der Waals surface area contributed by atoms with Crippen LogP contribution >= 0.6 is 0 Å². The van der Waals surface area contributed by atoms with Crippen LogP contribution in [0.15, 0.2) is 71.6 Å². The van der Waals surface area contributed by atoms with Gasteiger partial charge in [-0.2, -0.15) is 13.2 Å². The molecule has 3 aromatic carbocycles. The Labute approximate surface area is 244 Å². The molecule has 0 aromatic heterocycles. The summed E-state index contributed by atoms with van der Waals surface area (Å²) in [4.78, 5) is 12.6. The van der Waals surface area contributed by atoms with Crippen LogP contribution in [0, 0.1) is 11.7 Å². The lowest BCUT2D eigenvalue weighted by molar-refractivity contribution is -0.137. The molecule has 3 N–H and O–H groups in total. The quantitative estimate of drug-likeness (QED) is 0.228. The third-order valence-corrected chi connectivity index (χ3v) is 8.65. The van der Waals surface area contributed by atoms with Crippen molar-refractivity contribution in [1.29, 1.82) is 0 Å². The van der Waals surface area contributed by atoms with Crippen molar-refractivity contribution >= 4 is 15.9 Å². The zero-order chi connectivity index (χ0) is 30.5. The maximum Gasteiger partial charge on any atom is 0.416 e. The van der Waals surface area contributed by atoms with Gasteiger partial charge in [0, 0.05) is 18.5 Å². The van der Waals surface area contributed by atoms with E-state index in [4.69, 9.17) is 0 Å². The third kappa shape index (κ3) is 8.17. The van der Waals surface area contributed by atoms with Gasteiger partial charge in [-0.1, -0.05) is 56.3 Å². The summed E-state index contributed by atoms with van der Waals surface area (Å²) in [5.41, 5.74) is 2.02. The van der Waals surface area contributed by atoms with Crippen LogP contribution in [0.2, 0.25) is 0 Å². The van der Waals surface area contributed by atoms with Gasteiger partial charge in [-0.05, 0) is 72.7 Å². The number of benzene rings is 3. The van der Waals surface area contributed by atoms with Gasteiger partial charge < -0.3 is 10.6 Å². The molecule has 0 spiro atoms. The van der Waals surface area contributed by atoms with Gasteiger partial charge in [0.15, 0.2) is 0 Å². The van der Waals surface area contributed by atoms with E-state index >= 15 is 0 Å². The Morgan fingerprint density at radius 2 is 1.79 bits per heavy atom. The molecule has 6 nitrogen and oxygen atoms in total. The normalized spacial score (nSPS) is 16.2. The Bertz CT molecular complexity index is 1510. The molecule has 11 heteroatoms. The van der Waals surface area contributed by atoms with Crippen molar-refractivity contribution in [1.82, 2.24) is 15.4 Å². The van der Waals surface area contributed by atoms with Crippen molar-refractivity contribution in [2.75, 3.05) is 6.54 Å². The monoisotopic (exact) mass is 605 g/mol. The molecule has 0 saturated heterocycles. The molecule has 4 rings (SSSR count). The first-order valence-electron chi connectivity index (χ1n) is 13.9. The van der Waals surface area contributed by atoms with E-state index in [-0.39, 0.29) is 11.6 Å². The molecule has 2 atom stereocenters. The molecule has 0 bridgehead atoms. The highest BCUT2D eigenvalue weighted by molar-refractivity contribution is 7.89. The van der Waals surface area contributed by atoms with Crippen molar-refractivity contribution in [3.05, 3.63) is 100 Å². The zero-order valence-electron chi connectivity index (χ0n) is 23.5. The topological polar surface area (TPSA) is 87.3 Å². The predicted octanol–water partition coefficient (Wildman–Crippen LogP) is 6.19. The van der Waals surface area contributed by atoms with E-state index in [1.807, 2.05) is 12.1 Å². The molecule has 1 aliphatic carbocycles. The highest BCUT2D eigenvalue weighted by Gasteiger charge is 2.33. The van der Waals surface area contributed by atoms with Crippen LogP contribution in [0.4, 0.5) is 17.6 Å². The number of rotatable bonds is 11.